The molecule has 2 aromatic rings. The molecule has 8 nitrogen and oxygen atoms in total. The summed E-state index contributed by atoms with van der Waals surface area (Å²) >= 11 is 0. The van der Waals surface area contributed by atoms with Crippen molar-refractivity contribution in [1.82, 2.24) is 20.4 Å². The van der Waals surface area contributed by atoms with Gasteiger partial charge in [-0.2, -0.15) is 18.3 Å². The number of aryl methyl sites for hydroxylation is 1. The van der Waals surface area contributed by atoms with Gasteiger partial charge in [0.2, 0.25) is 0 Å². The van der Waals surface area contributed by atoms with Gasteiger partial charge in [-0.3, -0.25) is 4.68 Å². The Balaban J connectivity index is 0.00000512. The molecule has 180 valence electrons. The molecule has 3 N–H and O–H groups in total. The van der Waals surface area contributed by atoms with Crippen molar-refractivity contribution in [2.75, 3.05) is 26.8 Å². The number of aromatic nitrogens is 2. The van der Waals surface area contributed by atoms with Gasteiger partial charge >= 0.3 is 6.18 Å². The van der Waals surface area contributed by atoms with Gasteiger partial charge in [-0.15, -0.1) is 24.0 Å². The zero-order valence-electron chi connectivity index (χ0n) is 18.4. The van der Waals surface area contributed by atoms with Crippen LogP contribution in [-0.4, -0.2) is 53.8 Å². The topological polar surface area (TPSA) is 92.9 Å². The third-order valence-corrected chi connectivity index (χ3v) is 4.31. The number of aliphatic hydroxyl groups is 1. The highest BCUT2D eigenvalue weighted by Gasteiger charge is 2.29. The fourth-order valence-corrected chi connectivity index (χ4v) is 2.66. The number of guanidine groups is 1. The third kappa shape index (κ3) is 8.73. The maximum Gasteiger partial charge on any atom is 0.422 e. The molecule has 0 bridgehead atoms. The van der Waals surface area contributed by atoms with E-state index in [1.807, 2.05) is 6.92 Å². The molecular formula is C20H29F3IN5O3. The van der Waals surface area contributed by atoms with Gasteiger partial charge in [0.05, 0.1) is 26.4 Å². The van der Waals surface area contributed by atoms with Crippen LogP contribution >= 0.6 is 24.0 Å². The lowest BCUT2D eigenvalue weighted by Crippen LogP contribution is -2.44. The average molecular weight is 571 g/mol. The van der Waals surface area contributed by atoms with E-state index in [-0.39, 0.29) is 48.6 Å². The number of alkyl halides is 3. The predicted molar refractivity (Wildman–Crippen MR) is 126 cm³/mol. The smallest absolute Gasteiger partial charge is 0.422 e. The second-order valence-corrected chi connectivity index (χ2v) is 7.11. The van der Waals surface area contributed by atoms with Gasteiger partial charge in [0.15, 0.2) is 24.1 Å². The van der Waals surface area contributed by atoms with E-state index in [0.717, 1.165) is 0 Å². The molecule has 32 heavy (non-hydrogen) atoms. The number of halogens is 4. The van der Waals surface area contributed by atoms with E-state index in [0.29, 0.717) is 23.6 Å². The first-order chi connectivity index (χ1) is 14.5. The quantitative estimate of drug-likeness (QED) is 0.244. The molecule has 0 spiro atoms. The Morgan fingerprint density at radius 3 is 2.53 bits per heavy atom. The maximum absolute atomic E-state index is 12.4. The minimum atomic E-state index is -4.43. The van der Waals surface area contributed by atoms with E-state index in [9.17, 15) is 18.3 Å². The number of nitrogens with zero attached hydrogens (tertiary/aromatic N) is 3. The number of benzene rings is 1. The van der Waals surface area contributed by atoms with Crippen LogP contribution in [0.1, 0.15) is 25.0 Å². The Bertz CT molecular complexity index is 888. The molecule has 1 unspecified atom stereocenters. The van der Waals surface area contributed by atoms with E-state index in [4.69, 9.17) is 9.47 Å². The van der Waals surface area contributed by atoms with Crippen LogP contribution in [0.4, 0.5) is 13.2 Å². The number of rotatable bonds is 9. The minimum absolute atomic E-state index is 0. The first kappa shape index (κ1) is 27.8. The van der Waals surface area contributed by atoms with Crippen LogP contribution in [0.15, 0.2) is 35.6 Å². The van der Waals surface area contributed by atoms with Gasteiger partial charge in [0, 0.05) is 25.4 Å². The maximum atomic E-state index is 12.4. The number of methoxy groups -OCH3 is 1. The van der Waals surface area contributed by atoms with Crippen molar-refractivity contribution in [3.8, 4) is 11.5 Å². The number of aliphatic imine (C=N–C) groups is 1. The van der Waals surface area contributed by atoms with Crippen molar-refractivity contribution in [3.63, 3.8) is 0 Å². The summed E-state index contributed by atoms with van der Waals surface area (Å²) in [6.07, 6.45) is -1.10. The summed E-state index contributed by atoms with van der Waals surface area (Å²) in [5.74, 6) is 0.669. The molecule has 0 amide bonds. The van der Waals surface area contributed by atoms with Gasteiger partial charge in [0.1, 0.15) is 5.60 Å². The molecule has 0 aliphatic heterocycles. The summed E-state index contributed by atoms with van der Waals surface area (Å²) in [4.78, 5) is 4.46. The second kappa shape index (κ2) is 12.1. The van der Waals surface area contributed by atoms with E-state index >= 15 is 0 Å². The number of nitrogens with one attached hydrogen (secondary N) is 2. The molecule has 0 saturated carbocycles. The molecule has 1 aromatic heterocycles. The molecular weight excluding hydrogens is 542 g/mol. The molecule has 1 aromatic carbocycles. The number of ether oxygens (including phenoxy) is 2. The lowest BCUT2D eigenvalue weighted by atomic mass is 10.00. The average Bonchev–Trinajstić information content (AvgIpc) is 3.15. The number of hydrogen-bond acceptors (Lipinski definition) is 5. The van der Waals surface area contributed by atoms with Gasteiger partial charge in [0.25, 0.3) is 0 Å². The first-order valence-electron chi connectivity index (χ1n) is 9.64. The molecule has 2 rings (SSSR count). The van der Waals surface area contributed by atoms with Crippen LogP contribution in [-0.2, 0) is 19.2 Å². The SMILES string of the molecule is CCNC(=NCc1ccc(OCC(F)(F)F)c(OC)c1)NCC(C)(O)c1cnn(C)c1.I. The van der Waals surface area contributed by atoms with E-state index in [1.165, 1.54) is 13.2 Å². The fraction of sp³-hybridized carbons (Fsp3) is 0.500. The van der Waals surface area contributed by atoms with Crippen LogP contribution in [0.25, 0.3) is 0 Å². The Morgan fingerprint density at radius 2 is 1.97 bits per heavy atom. The highest BCUT2D eigenvalue weighted by molar-refractivity contribution is 14.0. The zero-order valence-corrected chi connectivity index (χ0v) is 20.7. The first-order valence-corrected chi connectivity index (χ1v) is 9.64. The standard InChI is InChI=1S/C20H28F3N5O3.HI/c1-5-24-18(26-12-19(2,29)15-10-27-28(3)11-15)25-9-14-6-7-16(17(8-14)30-4)31-13-20(21,22)23;/h6-8,10-11,29H,5,9,12-13H2,1-4H3,(H2,24,25,26);1H. The molecule has 0 aliphatic carbocycles. The lowest BCUT2D eigenvalue weighted by molar-refractivity contribution is -0.153. The summed E-state index contributed by atoms with van der Waals surface area (Å²) in [6, 6.07) is 4.61. The van der Waals surface area contributed by atoms with Crippen LogP contribution in [0.3, 0.4) is 0 Å². The molecule has 0 aliphatic rings. The fourth-order valence-electron chi connectivity index (χ4n) is 2.66. The Morgan fingerprint density at radius 1 is 1.25 bits per heavy atom. The molecule has 0 radical (unpaired) electrons. The number of hydrogen-bond donors (Lipinski definition) is 3. The third-order valence-electron chi connectivity index (χ3n) is 4.31. The predicted octanol–water partition coefficient (Wildman–Crippen LogP) is 2.95. The lowest BCUT2D eigenvalue weighted by Gasteiger charge is -2.23. The van der Waals surface area contributed by atoms with E-state index in [1.54, 1.807) is 43.2 Å². The van der Waals surface area contributed by atoms with Crippen molar-refractivity contribution in [2.24, 2.45) is 12.0 Å². The molecule has 0 saturated heterocycles. The van der Waals surface area contributed by atoms with Crippen molar-refractivity contribution >= 4 is 29.9 Å². The molecule has 1 heterocycles. The largest absolute Gasteiger partial charge is 0.493 e. The van der Waals surface area contributed by atoms with Gasteiger partial charge < -0.3 is 25.2 Å². The van der Waals surface area contributed by atoms with Crippen LogP contribution in [0.2, 0.25) is 0 Å². The van der Waals surface area contributed by atoms with Crippen LogP contribution < -0.4 is 20.1 Å². The van der Waals surface area contributed by atoms with Gasteiger partial charge in [-0.25, -0.2) is 4.99 Å². The van der Waals surface area contributed by atoms with Crippen LogP contribution in [0, 0.1) is 0 Å². The monoisotopic (exact) mass is 571 g/mol. The van der Waals surface area contributed by atoms with Crippen LogP contribution in [0.5, 0.6) is 11.5 Å². The second-order valence-electron chi connectivity index (χ2n) is 7.11. The summed E-state index contributed by atoms with van der Waals surface area (Å²) in [7, 11) is 3.13. The Kier molecular flexibility index (Phi) is 10.5. The van der Waals surface area contributed by atoms with Crippen molar-refractivity contribution in [3.05, 3.63) is 41.7 Å². The molecule has 0 fully saturated rings. The Labute approximate surface area is 202 Å². The van der Waals surface area contributed by atoms with E-state index < -0.39 is 18.4 Å². The highest BCUT2D eigenvalue weighted by atomic mass is 127. The van der Waals surface area contributed by atoms with Gasteiger partial charge in [-0.1, -0.05) is 6.07 Å². The van der Waals surface area contributed by atoms with Gasteiger partial charge in [-0.05, 0) is 31.5 Å². The van der Waals surface area contributed by atoms with Crippen molar-refractivity contribution < 1.29 is 27.8 Å². The summed E-state index contributed by atoms with van der Waals surface area (Å²) in [6.45, 7) is 3.22. The molecule has 12 heteroatoms. The van der Waals surface area contributed by atoms with Crippen molar-refractivity contribution in [2.45, 2.75) is 32.2 Å². The summed E-state index contributed by atoms with van der Waals surface area (Å²) in [5.41, 5.74) is 0.218. The highest BCUT2D eigenvalue weighted by Crippen LogP contribution is 2.30. The minimum Gasteiger partial charge on any atom is -0.493 e. The summed E-state index contributed by atoms with van der Waals surface area (Å²) in [5, 5.41) is 20.9. The summed E-state index contributed by atoms with van der Waals surface area (Å²) < 4.78 is 48.7. The zero-order chi connectivity index (χ0) is 23.1. The van der Waals surface area contributed by atoms with E-state index in [2.05, 4.69) is 20.7 Å². The molecule has 1 atom stereocenters. The normalized spacial score (nSPS) is 13.7. The Hall–Kier alpha value is -2.22. The van der Waals surface area contributed by atoms with Crippen molar-refractivity contribution in [1.29, 1.82) is 0 Å².